The number of anilines is 2. The Morgan fingerprint density at radius 2 is 1.85 bits per heavy atom. The molecule has 34 heavy (non-hydrogen) atoms. The molecule has 1 aromatic carbocycles. The van der Waals surface area contributed by atoms with E-state index in [1.54, 1.807) is 30.5 Å². The monoisotopic (exact) mass is 512 g/mol. The van der Waals surface area contributed by atoms with Gasteiger partial charge in [-0.25, -0.2) is 4.98 Å². The maximum absolute atomic E-state index is 12.6. The number of thioether (sulfide) groups is 1. The number of halogens is 3. The second-order valence-corrected chi connectivity index (χ2v) is 11.9. The molecule has 3 aliphatic rings. The minimum absolute atomic E-state index is 0.0596. The van der Waals surface area contributed by atoms with Gasteiger partial charge in [0.15, 0.2) is 5.82 Å². The van der Waals surface area contributed by atoms with Gasteiger partial charge in [-0.1, -0.05) is 12.1 Å². The summed E-state index contributed by atoms with van der Waals surface area (Å²) in [7, 11) is -1.14. The Kier molecular flexibility index (Phi) is 6.54. The summed E-state index contributed by atoms with van der Waals surface area (Å²) in [6.07, 6.45) is 6.25. The van der Waals surface area contributed by atoms with Crippen molar-refractivity contribution in [1.29, 1.82) is 0 Å². The average Bonchev–Trinajstić information content (AvgIpc) is 2.79. The van der Waals surface area contributed by atoms with Crippen molar-refractivity contribution < 1.29 is 22.5 Å². The van der Waals surface area contributed by atoms with E-state index in [2.05, 4.69) is 14.8 Å². The van der Waals surface area contributed by atoms with Gasteiger partial charge in [0, 0.05) is 30.3 Å². The highest BCUT2D eigenvalue weighted by Gasteiger charge is 2.45. The van der Waals surface area contributed by atoms with E-state index in [-0.39, 0.29) is 34.7 Å². The fourth-order valence-electron chi connectivity index (χ4n) is 5.16. The van der Waals surface area contributed by atoms with Crippen LogP contribution in [-0.4, -0.2) is 62.3 Å². The molecule has 1 saturated heterocycles. The Bertz CT molecular complexity index is 1050. The summed E-state index contributed by atoms with van der Waals surface area (Å²) < 4.78 is 50.3. The van der Waals surface area contributed by atoms with Crippen molar-refractivity contribution in [2.75, 3.05) is 41.8 Å². The minimum atomic E-state index is -4.28. The molecule has 184 valence electrons. The van der Waals surface area contributed by atoms with E-state index in [9.17, 15) is 22.5 Å². The first-order chi connectivity index (χ1) is 16.3. The number of piperidine rings is 1. The number of nitrogens with zero attached hydrogens (tertiary/aromatic N) is 4. The fourth-order valence-corrected chi connectivity index (χ4v) is 6.80. The van der Waals surface area contributed by atoms with Crippen molar-refractivity contribution in [3.8, 4) is 0 Å². The quantitative estimate of drug-likeness (QED) is 0.599. The van der Waals surface area contributed by atoms with Gasteiger partial charge in [0.1, 0.15) is 0 Å². The molecule has 3 heterocycles. The summed E-state index contributed by atoms with van der Waals surface area (Å²) in [5.41, 5.74) is -3.54. The number of aliphatic hydroxyl groups excluding tert-OH is 1. The Morgan fingerprint density at radius 1 is 1.15 bits per heavy atom. The van der Waals surface area contributed by atoms with E-state index in [0.717, 1.165) is 50.8 Å². The predicted octanol–water partition coefficient (Wildman–Crippen LogP) is 4.32. The van der Waals surface area contributed by atoms with Gasteiger partial charge >= 0.3 is 5.51 Å². The van der Waals surface area contributed by atoms with Crippen LogP contribution in [0.4, 0.5) is 24.9 Å². The van der Waals surface area contributed by atoms with E-state index >= 15 is 0 Å². The van der Waals surface area contributed by atoms with Crippen LogP contribution in [0.5, 0.6) is 0 Å². The number of rotatable bonds is 5. The molecule has 1 aliphatic carbocycles. The molecule has 5 rings (SSSR count). The lowest BCUT2D eigenvalue weighted by atomic mass is 9.76. The topological polar surface area (TPSA) is 69.6 Å². The molecule has 2 aromatic rings. The van der Waals surface area contributed by atoms with Crippen LogP contribution in [0.2, 0.25) is 0 Å². The molecule has 1 atom stereocenters. The van der Waals surface area contributed by atoms with Crippen molar-refractivity contribution in [2.45, 2.75) is 58.9 Å². The number of hydrogen-bond acceptors (Lipinski definition) is 7. The van der Waals surface area contributed by atoms with Gasteiger partial charge in [-0.05, 0) is 67.5 Å². The number of aromatic nitrogens is 2. The van der Waals surface area contributed by atoms with Crippen molar-refractivity contribution in [3.63, 3.8) is 0 Å². The molecule has 2 fully saturated rings. The van der Waals surface area contributed by atoms with Crippen LogP contribution in [0.25, 0.3) is 0 Å². The Morgan fingerprint density at radius 3 is 2.44 bits per heavy atom. The molecule has 6 nitrogen and oxygen atoms in total. The Balaban J connectivity index is 1.29. The number of hydrogen-bond donors (Lipinski definition) is 1. The highest BCUT2D eigenvalue weighted by atomic mass is 32.2. The van der Waals surface area contributed by atoms with Gasteiger partial charge in [0.25, 0.3) is 0 Å². The molecule has 11 heteroatoms. The van der Waals surface area contributed by atoms with Crippen molar-refractivity contribution in [1.82, 2.24) is 9.97 Å². The van der Waals surface area contributed by atoms with Crippen molar-refractivity contribution in [3.05, 3.63) is 36.0 Å². The molecule has 1 saturated carbocycles. The molecule has 0 bridgehead atoms. The highest BCUT2D eigenvalue weighted by Crippen LogP contribution is 2.43. The highest BCUT2D eigenvalue weighted by molar-refractivity contribution is 8.00. The maximum Gasteiger partial charge on any atom is 0.446 e. The van der Waals surface area contributed by atoms with Crippen LogP contribution >= 0.6 is 11.8 Å². The molecule has 1 unspecified atom stereocenters. The summed E-state index contributed by atoms with van der Waals surface area (Å²) in [5.74, 6) is 2.08. The van der Waals surface area contributed by atoms with Gasteiger partial charge in [-0.2, -0.15) is 18.2 Å². The van der Waals surface area contributed by atoms with E-state index in [1.807, 2.05) is 0 Å². The van der Waals surface area contributed by atoms with Gasteiger partial charge in [0.2, 0.25) is 5.95 Å². The van der Waals surface area contributed by atoms with Gasteiger partial charge < -0.3 is 14.9 Å². The predicted molar refractivity (Wildman–Crippen MR) is 127 cm³/mol. The van der Waals surface area contributed by atoms with Crippen LogP contribution in [-0.2, 0) is 10.8 Å². The molecule has 0 radical (unpaired) electrons. The number of benzene rings is 1. The lowest BCUT2D eigenvalue weighted by Gasteiger charge is -2.51. The third-order valence-electron chi connectivity index (χ3n) is 7.24. The number of alkyl halides is 3. The maximum atomic E-state index is 12.6. The third kappa shape index (κ3) is 4.66. The first-order valence-corrected chi connectivity index (χ1v) is 13.7. The van der Waals surface area contributed by atoms with E-state index < -0.39 is 16.3 Å². The molecular weight excluding hydrogens is 485 g/mol. The van der Waals surface area contributed by atoms with Crippen LogP contribution in [0.1, 0.15) is 43.6 Å². The summed E-state index contributed by atoms with van der Waals surface area (Å²) in [5, 5.41) is 10.1. The van der Waals surface area contributed by atoms with E-state index in [1.165, 1.54) is 0 Å². The van der Waals surface area contributed by atoms with Gasteiger partial charge in [-0.15, -0.1) is 0 Å². The van der Waals surface area contributed by atoms with Crippen LogP contribution in [0.3, 0.4) is 0 Å². The Hall–Kier alpha value is -1.85. The fraction of sp³-hybridized carbons (Fsp3) is 0.565. The van der Waals surface area contributed by atoms with Crippen LogP contribution in [0.15, 0.2) is 40.3 Å². The van der Waals surface area contributed by atoms with Crippen molar-refractivity contribution >= 4 is 34.3 Å². The standard InChI is InChI=1S/C23H27F3N4O2S2/c24-23(25,26)33-18-4-2-16(3-5-18)17-6-10-29(11-7-17)21-27-14-19-20(28-21)30(12-13-34(19)32)22(15-31)8-1-9-22/h2-5,14,17,31H,1,6-13,15H2. The molecule has 0 amide bonds. The number of aliphatic hydroxyl groups is 1. The largest absolute Gasteiger partial charge is 0.446 e. The summed E-state index contributed by atoms with van der Waals surface area (Å²) in [6, 6.07) is 6.67. The Labute approximate surface area is 203 Å². The van der Waals surface area contributed by atoms with Crippen LogP contribution in [0, 0.1) is 0 Å². The second-order valence-electron chi connectivity index (χ2n) is 9.17. The molecular formula is C23H27F3N4O2S2. The zero-order chi connectivity index (χ0) is 23.9. The van der Waals surface area contributed by atoms with Crippen molar-refractivity contribution in [2.24, 2.45) is 0 Å². The zero-order valence-corrected chi connectivity index (χ0v) is 20.3. The SMILES string of the molecule is O=S1CCN(C2(CO)CCC2)c2nc(N3CCC(c4ccc(SC(F)(F)F)cc4)CC3)ncc21. The van der Waals surface area contributed by atoms with Crippen LogP contribution < -0.4 is 9.80 Å². The third-order valence-corrected chi connectivity index (χ3v) is 9.31. The minimum Gasteiger partial charge on any atom is -0.394 e. The first kappa shape index (κ1) is 23.9. The number of fused-ring (bicyclic) bond motifs is 1. The summed E-state index contributed by atoms with van der Waals surface area (Å²) >= 11 is -0.0919. The van der Waals surface area contributed by atoms with E-state index in [4.69, 9.17) is 4.98 Å². The molecule has 0 spiro atoms. The summed E-state index contributed by atoms with van der Waals surface area (Å²) in [4.78, 5) is 14.5. The molecule has 1 aromatic heterocycles. The average molecular weight is 513 g/mol. The van der Waals surface area contributed by atoms with E-state index in [0.29, 0.717) is 29.0 Å². The van der Waals surface area contributed by atoms with Gasteiger partial charge in [-0.3, -0.25) is 4.21 Å². The molecule has 1 N–H and O–H groups in total. The summed E-state index contributed by atoms with van der Waals surface area (Å²) in [6.45, 7) is 2.14. The van der Waals surface area contributed by atoms with Gasteiger partial charge in [0.05, 0.1) is 34.0 Å². The molecule has 2 aliphatic heterocycles. The smallest absolute Gasteiger partial charge is 0.394 e. The second kappa shape index (κ2) is 9.31. The normalized spacial score (nSPS) is 22.9. The lowest BCUT2D eigenvalue weighted by molar-refractivity contribution is -0.0328. The lowest BCUT2D eigenvalue weighted by Crippen LogP contribution is -2.59. The zero-order valence-electron chi connectivity index (χ0n) is 18.6. The first-order valence-electron chi connectivity index (χ1n) is 11.5.